The molecule has 0 aromatic carbocycles. The Labute approximate surface area is 87.5 Å². The number of aromatic nitrogens is 2. The zero-order chi connectivity index (χ0) is 10.8. The summed E-state index contributed by atoms with van der Waals surface area (Å²) >= 11 is 5.81. The summed E-state index contributed by atoms with van der Waals surface area (Å²) in [4.78, 5) is 7.53. The molecule has 0 atom stereocenters. The standard InChI is InChI=1S/C9H10ClN3O/c1-4-9(2,3)14-8-6(10)7(11)12-5-13-8/h1,5H,2-3H3,(H2,11,12,13). The number of terminal acetylenes is 1. The lowest BCUT2D eigenvalue weighted by molar-refractivity contribution is 0.164. The van der Waals surface area contributed by atoms with Gasteiger partial charge in [-0.05, 0) is 13.8 Å². The van der Waals surface area contributed by atoms with E-state index in [-0.39, 0.29) is 16.7 Å². The highest BCUT2D eigenvalue weighted by Crippen LogP contribution is 2.28. The fraction of sp³-hybridized carbons (Fsp3) is 0.333. The van der Waals surface area contributed by atoms with E-state index in [0.29, 0.717) is 0 Å². The summed E-state index contributed by atoms with van der Waals surface area (Å²) in [7, 11) is 0. The molecule has 0 aliphatic carbocycles. The fourth-order valence-electron chi connectivity index (χ4n) is 0.709. The Morgan fingerprint density at radius 3 is 2.79 bits per heavy atom. The highest BCUT2D eigenvalue weighted by atomic mass is 35.5. The van der Waals surface area contributed by atoms with Crippen molar-refractivity contribution in [1.29, 1.82) is 0 Å². The molecule has 0 unspecified atom stereocenters. The maximum Gasteiger partial charge on any atom is 0.239 e. The minimum atomic E-state index is -0.773. The van der Waals surface area contributed by atoms with Gasteiger partial charge in [0.15, 0.2) is 5.60 Å². The number of nitrogen functional groups attached to an aromatic ring is 1. The van der Waals surface area contributed by atoms with Crippen LogP contribution in [0.3, 0.4) is 0 Å². The van der Waals surface area contributed by atoms with Gasteiger partial charge < -0.3 is 10.5 Å². The Balaban J connectivity index is 3.00. The van der Waals surface area contributed by atoms with Crippen LogP contribution in [0.25, 0.3) is 0 Å². The molecule has 0 aliphatic rings. The predicted octanol–water partition coefficient (Wildman–Crippen LogP) is 1.50. The summed E-state index contributed by atoms with van der Waals surface area (Å²) in [6.07, 6.45) is 6.52. The molecule has 0 amide bonds. The molecule has 74 valence electrons. The maximum absolute atomic E-state index is 5.81. The monoisotopic (exact) mass is 211 g/mol. The normalized spacial score (nSPS) is 10.7. The lowest BCUT2D eigenvalue weighted by Gasteiger charge is -2.19. The van der Waals surface area contributed by atoms with Crippen molar-refractivity contribution in [2.45, 2.75) is 19.4 Å². The van der Waals surface area contributed by atoms with Crippen molar-refractivity contribution in [2.24, 2.45) is 0 Å². The van der Waals surface area contributed by atoms with Crippen molar-refractivity contribution in [1.82, 2.24) is 9.97 Å². The Kier molecular flexibility index (Phi) is 2.82. The zero-order valence-electron chi connectivity index (χ0n) is 7.91. The van der Waals surface area contributed by atoms with Crippen molar-refractivity contribution in [2.75, 3.05) is 5.73 Å². The third kappa shape index (κ3) is 2.27. The van der Waals surface area contributed by atoms with Crippen LogP contribution >= 0.6 is 11.6 Å². The summed E-state index contributed by atoms with van der Waals surface area (Å²) in [6.45, 7) is 3.45. The van der Waals surface area contributed by atoms with Crippen LogP contribution in [0.4, 0.5) is 5.82 Å². The largest absolute Gasteiger partial charge is 0.457 e. The summed E-state index contributed by atoms with van der Waals surface area (Å²) < 4.78 is 5.36. The summed E-state index contributed by atoms with van der Waals surface area (Å²) in [5, 5.41) is 0.177. The second kappa shape index (κ2) is 3.72. The zero-order valence-corrected chi connectivity index (χ0v) is 8.67. The molecule has 1 heterocycles. The second-order valence-electron chi connectivity index (χ2n) is 3.13. The van der Waals surface area contributed by atoms with Crippen LogP contribution in [0.15, 0.2) is 6.33 Å². The molecule has 1 rings (SSSR count). The number of ether oxygens (including phenoxy) is 1. The van der Waals surface area contributed by atoms with Crippen molar-refractivity contribution in [3.05, 3.63) is 11.3 Å². The Morgan fingerprint density at radius 1 is 1.57 bits per heavy atom. The first-order chi connectivity index (χ1) is 6.46. The molecule has 0 saturated carbocycles. The summed E-state index contributed by atoms with van der Waals surface area (Å²) in [5.74, 6) is 2.82. The van der Waals surface area contributed by atoms with Gasteiger partial charge in [-0.15, -0.1) is 6.42 Å². The number of anilines is 1. The quantitative estimate of drug-likeness (QED) is 0.754. The molecule has 1 aromatic rings. The van der Waals surface area contributed by atoms with E-state index in [9.17, 15) is 0 Å². The van der Waals surface area contributed by atoms with Gasteiger partial charge in [0.25, 0.3) is 0 Å². The lowest BCUT2D eigenvalue weighted by atomic mass is 10.1. The van der Waals surface area contributed by atoms with E-state index >= 15 is 0 Å². The van der Waals surface area contributed by atoms with E-state index in [1.54, 1.807) is 13.8 Å². The van der Waals surface area contributed by atoms with E-state index in [2.05, 4.69) is 15.9 Å². The molecule has 0 saturated heterocycles. The van der Waals surface area contributed by atoms with Gasteiger partial charge in [-0.25, -0.2) is 9.97 Å². The first kappa shape index (κ1) is 10.6. The van der Waals surface area contributed by atoms with Crippen LogP contribution in [0, 0.1) is 12.3 Å². The third-order valence-electron chi connectivity index (χ3n) is 1.48. The lowest BCUT2D eigenvalue weighted by Crippen LogP contribution is -2.26. The second-order valence-corrected chi connectivity index (χ2v) is 3.51. The van der Waals surface area contributed by atoms with Crippen LogP contribution in [-0.4, -0.2) is 15.6 Å². The van der Waals surface area contributed by atoms with Gasteiger partial charge in [0.1, 0.15) is 17.2 Å². The average Bonchev–Trinajstić information content (AvgIpc) is 2.13. The van der Waals surface area contributed by atoms with Crippen LogP contribution in [0.2, 0.25) is 5.02 Å². The first-order valence-electron chi connectivity index (χ1n) is 3.89. The highest BCUT2D eigenvalue weighted by Gasteiger charge is 2.19. The molecule has 0 bridgehead atoms. The molecule has 0 aliphatic heterocycles. The summed E-state index contributed by atoms with van der Waals surface area (Å²) in [6, 6.07) is 0. The Morgan fingerprint density at radius 2 is 2.21 bits per heavy atom. The Bertz CT molecular complexity index is 384. The van der Waals surface area contributed by atoms with Crippen molar-refractivity contribution < 1.29 is 4.74 Å². The molecular weight excluding hydrogens is 202 g/mol. The van der Waals surface area contributed by atoms with Gasteiger partial charge in [0.05, 0.1) is 0 Å². The Hall–Kier alpha value is -1.47. The van der Waals surface area contributed by atoms with Gasteiger partial charge >= 0.3 is 0 Å². The highest BCUT2D eigenvalue weighted by molar-refractivity contribution is 6.34. The number of hydrogen-bond donors (Lipinski definition) is 1. The van der Waals surface area contributed by atoms with E-state index in [4.69, 9.17) is 28.5 Å². The molecule has 0 spiro atoms. The van der Waals surface area contributed by atoms with Gasteiger partial charge in [-0.2, -0.15) is 0 Å². The van der Waals surface area contributed by atoms with Crippen LogP contribution in [0.1, 0.15) is 13.8 Å². The van der Waals surface area contributed by atoms with Gasteiger partial charge in [0, 0.05) is 0 Å². The van der Waals surface area contributed by atoms with Crippen LogP contribution < -0.4 is 10.5 Å². The van der Waals surface area contributed by atoms with Gasteiger partial charge in [0.2, 0.25) is 5.88 Å². The first-order valence-corrected chi connectivity index (χ1v) is 4.27. The van der Waals surface area contributed by atoms with E-state index in [1.165, 1.54) is 6.33 Å². The number of hydrogen-bond acceptors (Lipinski definition) is 4. The van der Waals surface area contributed by atoms with E-state index in [1.807, 2.05) is 0 Å². The molecule has 0 radical (unpaired) electrons. The van der Waals surface area contributed by atoms with Crippen LogP contribution in [-0.2, 0) is 0 Å². The number of nitrogens with two attached hydrogens (primary N) is 1. The minimum absolute atomic E-state index is 0.171. The average molecular weight is 212 g/mol. The molecule has 2 N–H and O–H groups in total. The minimum Gasteiger partial charge on any atom is -0.457 e. The molecule has 1 aromatic heterocycles. The maximum atomic E-state index is 5.81. The van der Waals surface area contributed by atoms with Crippen molar-refractivity contribution in [3.8, 4) is 18.2 Å². The smallest absolute Gasteiger partial charge is 0.239 e. The molecule has 0 fully saturated rings. The number of halogens is 1. The third-order valence-corrected chi connectivity index (χ3v) is 1.84. The molecule has 4 nitrogen and oxygen atoms in total. The SMILES string of the molecule is C#CC(C)(C)Oc1ncnc(N)c1Cl. The van der Waals surface area contributed by atoms with Gasteiger partial charge in [-0.1, -0.05) is 17.5 Å². The van der Waals surface area contributed by atoms with Gasteiger partial charge in [-0.3, -0.25) is 0 Å². The number of nitrogens with zero attached hydrogens (tertiary/aromatic N) is 2. The topological polar surface area (TPSA) is 61.0 Å². The van der Waals surface area contributed by atoms with Crippen LogP contribution in [0.5, 0.6) is 5.88 Å². The fourth-order valence-corrected chi connectivity index (χ4v) is 0.845. The van der Waals surface area contributed by atoms with E-state index in [0.717, 1.165) is 0 Å². The number of rotatable bonds is 2. The molecule has 14 heavy (non-hydrogen) atoms. The van der Waals surface area contributed by atoms with Crippen molar-refractivity contribution in [3.63, 3.8) is 0 Å². The molecule has 5 heteroatoms. The summed E-state index contributed by atoms with van der Waals surface area (Å²) in [5.41, 5.74) is 4.69. The molecular formula is C9H10ClN3O. The van der Waals surface area contributed by atoms with Crippen molar-refractivity contribution >= 4 is 17.4 Å². The predicted molar refractivity (Wildman–Crippen MR) is 55.0 cm³/mol. The van der Waals surface area contributed by atoms with E-state index < -0.39 is 5.60 Å².